The lowest BCUT2D eigenvalue weighted by atomic mass is 10.2. The standard InChI is InChI=1S/C13H20N2O5S/c1-10(2)9-20-7-6-14-12-5-4-11(21(3,18)19)8-13(12)15(16)17/h4-5,8,10,14H,6-7,9H2,1-3H3. The summed E-state index contributed by atoms with van der Waals surface area (Å²) in [5.41, 5.74) is 0.0160. The third-order valence-electron chi connectivity index (χ3n) is 2.61. The van der Waals surface area contributed by atoms with Crippen LogP contribution in [0.3, 0.4) is 0 Å². The molecule has 0 aromatic heterocycles. The Morgan fingerprint density at radius 3 is 2.57 bits per heavy atom. The molecular weight excluding hydrogens is 296 g/mol. The number of nitrogens with one attached hydrogen (secondary N) is 1. The minimum atomic E-state index is -3.47. The van der Waals surface area contributed by atoms with E-state index < -0.39 is 14.8 Å². The van der Waals surface area contributed by atoms with Crippen molar-refractivity contribution in [3.63, 3.8) is 0 Å². The van der Waals surface area contributed by atoms with Crippen molar-refractivity contribution in [3.8, 4) is 0 Å². The minimum Gasteiger partial charge on any atom is -0.379 e. The van der Waals surface area contributed by atoms with E-state index in [2.05, 4.69) is 5.32 Å². The van der Waals surface area contributed by atoms with Gasteiger partial charge in [-0.15, -0.1) is 0 Å². The molecule has 1 N–H and O–H groups in total. The van der Waals surface area contributed by atoms with Crippen LogP contribution >= 0.6 is 0 Å². The topological polar surface area (TPSA) is 98.5 Å². The lowest BCUT2D eigenvalue weighted by Crippen LogP contribution is -2.13. The van der Waals surface area contributed by atoms with Crippen molar-refractivity contribution >= 4 is 21.2 Å². The van der Waals surface area contributed by atoms with Gasteiger partial charge in [0.05, 0.1) is 16.4 Å². The highest BCUT2D eigenvalue weighted by Crippen LogP contribution is 2.27. The third kappa shape index (κ3) is 5.68. The van der Waals surface area contributed by atoms with Gasteiger partial charge in [-0.05, 0) is 18.1 Å². The maximum Gasteiger partial charge on any atom is 0.293 e. The molecule has 1 aromatic carbocycles. The molecule has 7 nitrogen and oxygen atoms in total. The van der Waals surface area contributed by atoms with Gasteiger partial charge in [-0.3, -0.25) is 10.1 Å². The minimum absolute atomic E-state index is 0.0733. The van der Waals surface area contributed by atoms with Crippen LogP contribution in [0.4, 0.5) is 11.4 Å². The van der Waals surface area contributed by atoms with E-state index in [0.717, 1.165) is 12.3 Å². The summed E-state index contributed by atoms with van der Waals surface area (Å²) < 4.78 is 28.2. The summed E-state index contributed by atoms with van der Waals surface area (Å²) in [7, 11) is -3.47. The number of anilines is 1. The monoisotopic (exact) mass is 316 g/mol. The van der Waals surface area contributed by atoms with Crippen LogP contribution in [0.15, 0.2) is 23.1 Å². The van der Waals surface area contributed by atoms with E-state index in [1.807, 2.05) is 13.8 Å². The molecule has 1 rings (SSSR count). The van der Waals surface area contributed by atoms with E-state index in [0.29, 0.717) is 25.7 Å². The van der Waals surface area contributed by atoms with E-state index in [4.69, 9.17) is 4.74 Å². The van der Waals surface area contributed by atoms with Crippen LogP contribution in [0.2, 0.25) is 0 Å². The summed E-state index contributed by atoms with van der Waals surface area (Å²) in [6, 6.07) is 3.81. The van der Waals surface area contributed by atoms with Gasteiger partial charge < -0.3 is 10.1 Å². The van der Waals surface area contributed by atoms with Gasteiger partial charge in [-0.1, -0.05) is 13.8 Å². The van der Waals surface area contributed by atoms with Gasteiger partial charge in [0.15, 0.2) is 9.84 Å². The summed E-state index contributed by atoms with van der Waals surface area (Å²) in [4.78, 5) is 10.3. The Labute approximate surface area is 124 Å². The van der Waals surface area contributed by atoms with Crippen molar-refractivity contribution in [1.29, 1.82) is 0 Å². The van der Waals surface area contributed by atoms with Gasteiger partial charge >= 0.3 is 0 Å². The number of hydrogen-bond acceptors (Lipinski definition) is 6. The molecule has 118 valence electrons. The molecule has 0 bridgehead atoms. The fourth-order valence-electron chi connectivity index (χ4n) is 1.62. The van der Waals surface area contributed by atoms with Crippen LogP contribution in [-0.2, 0) is 14.6 Å². The Morgan fingerprint density at radius 2 is 2.05 bits per heavy atom. The quantitative estimate of drug-likeness (QED) is 0.448. The second-order valence-corrected chi connectivity index (χ2v) is 7.12. The van der Waals surface area contributed by atoms with Gasteiger partial charge in [-0.2, -0.15) is 0 Å². The molecule has 1 aromatic rings. The zero-order valence-corrected chi connectivity index (χ0v) is 13.1. The van der Waals surface area contributed by atoms with Crippen molar-refractivity contribution in [2.75, 3.05) is 31.3 Å². The second kappa shape index (κ2) is 7.37. The van der Waals surface area contributed by atoms with Gasteiger partial charge in [0, 0.05) is 25.5 Å². The van der Waals surface area contributed by atoms with Gasteiger partial charge in [-0.25, -0.2) is 8.42 Å². The molecule has 8 heteroatoms. The SMILES string of the molecule is CC(C)COCCNc1ccc(S(C)(=O)=O)cc1[N+](=O)[O-]. The number of nitro groups is 1. The Morgan fingerprint density at radius 1 is 1.38 bits per heavy atom. The summed E-state index contributed by atoms with van der Waals surface area (Å²) in [5.74, 6) is 0.424. The Kier molecular flexibility index (Phi) is 6.10. The first-order valence-electron chi connectivity index (χ1n) is 6.52. The maximum atomic E-state index is 11.4. The predicted molar refractivity (Wildman–Crippen MR) is 80.4 cm³/mol. The van der Waals surface area contributed by atoms with Crippen LogP contribution in [-0.4, -0.2) is 39.4 Å². The van der Waals surface area contributed by atoms with Crippen LogP contribution in [0, 0.1) is 16.0 Å². The highest BCUT2D eigenvalue weighted by Gasteiger charge is 2.18. The lowest BCUT2D eigenvalue weighted by Gasteiger charge is -2.10. The maximum absolute atomic E-state index is 11.4. The molecule has 0 unspecified atom stereocenters. The third-order valence-corrected chi connectivity index (χ3v) is 3.72. The molecule has 0 fully saturated rings. The van der Waals surface area contributed by atoms with Crippen molar-refractivity contribution < 1.29 is 18.1 Å². The zero-order chi connectivity index (χ0) is 16.0. The van der Waals surface area contributed by atoms with Crippen molar-refractivity contribution in [2.45, 2.75) is 18.7 Å². The fraction of sp³-hybridized carbons (Fsp3) is 0.538. The van der Waals surface area contributed by atoms with E-state index in [1.54, 1.807) is 0 Å². The van der Waals surface area contributed by atoms with E-state index in [1.165, 1.54) is 12.1 Å². The lowest BCUT2D eigenvalue weighted by molar-refractivity contribution is -0.384. The fourth-order valence-corrected chi connectivity index (χ4v) is 2.26. The first-order chi connectivity index (χ1) is 9.71. The highest BCUT2D eigenvalue weighted by molar-refractivity contribution is 7.90. The van der Waals surface area contributed by atoms with E-state index >= 15 is 0 Å². The summed E-state index contributed by atoms with van der Waals surface area (Å²) in [6.45, 7) is 5.51. The number of nitrogens with zero attached hydrogens (tertiary/aromatic N) is 1. The first kappa shape index (κ1) is 17.4. The predicted octanol–water partition coefficient (Wildman–Crippen LogP) is 2.08. The molecule has 0 spiro atoms. The number of nitro benzene ring substituents is 1. The first-order valence-corrected chi connectivity index (χ1v) is 8.41. The molecule has 0 radical (unpaired) electrons. The normalized spacial score (nSPS) is 11.6. The second-order valence-electron chi connectivity index (χ2n) is 5.10. The molecule has 0 saturated carbocycles. The van der Waals surface area contributed by atoms with Gasteiger partial charge in [0.2, 0.25) is 0 Å². The number of sulfone groups is 1. The smallest absolute Gasteiger partial charge is 0.293 e. The molecule has 0 atom stereocenters. The Hall–Kier alpha value is -1.67. The molecule has 0 heterocycles. The molecule has 0 aliphatic rings. The van der Waals surface area contributed by atoms with Crippen LogP contribution in [0.5, 0.6) is 0 Å². The molecule has 0 aliphatic heterocycles. The van der Waals surface area contributed by atoms with Crippen molar-refractivity contribution in [3.05, 3.63) is 28.3 Å². The largest absolute Gasteiger partial charge is 0.379 e. The van der Waals surface area contributed by atoms with Crippen LogP contribution < -0.4 is 5.32 Å². The summed E-state index contributed by atoms with van der Waals surface area (Å²) >= 11 is 0. The molecule has 0 saturated heterocycles. The Balaban J connectivity index is 2.76. The van der Waals surface area contributed by atoms with Crippen molar-refractivity contribution in [1.82, 2.24) is 0 Å². The highest BCUT2D eigenvalue weighted by atomic mass is 32.2. The average Bonchev–Trinajstić information content (AvgIpc) is 2.36. The van der Waals surface area contributed by atoms with Crippen LogP contribution in [0.1, 0.15) is 13.8 Å². The average molecular weight is 316 g/mol. The number of hydrogen-bond donors (Lipinski definition) is 1. The van der Waals surface area contributed by atoms with Gasteiger partial charge in [0.1, 0.15) is 5.69 Å². The summed E-state index contributed by atoms with van der Waals surface area (Å²) in [6.07, 6.45) is 1.01. The van der Waals surface area contributed by atoms with Crippen LogP contribution in [0.25, 0.3) is 0 Å². The van der Waals surface area contributed by atoms with Crippen molar-refractivity contribution in [2.24, 2.45) is 5.92 Å². The molecule has 0 aliphatic carbocycles. The number of ether oxygens (including phenoxy) is 1. The molecule has 0 amide bonds. The Bertz CT molecular complexity index is 599. The number of benzene rings is 1. The van der Waals surface area contributed by atoms with E-state index in [9.17, 15) is 18.5 Å². The van der Waals surface area contributed by atoms with Gasteiger partial charge in [0.25, 0.3) is 5.69 Å². The molecule has 21 heavy (non-hydrogen) atoms. The summed E-state index contributed by atoms with van der Waals surface area (Å²) in [5, 5.41) is 13.9. The zero-order valence-electron chi connectivity index (χ0n) is 12.3. The molecular formula is C13H20N2O5S. The number of rotatable bonds is 8. The van der Waals surface area contributed by atoms with E-state index in [-0.39, 0.29) is 16.3 Å².